The second kappa shape index (κ2) is 5.55. The molecule has 2 unspecified atom stereocenters. The van der Waals surface area contributed by atoms with Gasteiger partial charge >= 0.3 is 0 Å². The van der Waals surface area contributed by atoms with Crippen LogP contribution in [0, 0.1) is 0 Å². The highest BCUT2D eigenvalue weighted by atomic mass is 16.5. The smallest absolute Gasteiger partial charge is 0.120 e. The molecule has 2 aromatic carbocycles. The Bertz CT molecular complexity index is 580. The van der Waals surface area contributed by atoms with E-state index in [2.05, 4.69) is 18.2 Å². The maximum absolute atomic E-state index is 6.34. The summed E-state index contributed by atoms with van der Waals surface area (Å²) in [4.78, 5) is 0. The molecule has 0 saturated heterocycles. The third-order valence-electron chi connectivity index (χ3n) is 3.86. The van der Waals surface area contributed by atoms with E-state index in [0.717, 1.165) is 24.3 Å². The average Bonchev–Trinajstić information content (AvgIpc) is 2.51. The number of methoxy groups -OCH3 is 1. The molecule has 0 radical (unpaired) electrons. The molecule has 3 heteroatoms. The first-order valence-electron chi connectivity index (χ1n) is 6.92. The van der Waals surface area contributed by atoms with E-state index in [1.54, 1.807) is 7.11 Å². The molecule has 0 spiro atoms. The first-order chi connectivity index (χ1) is 9.78. The van der Waals surface area contributed by atoms with Crippen LogP contribution in [0.1, 0.15) is 23.6 Å². The number of ether oxygens (including phenoxy) is 2. The third kappa shape index (κ3) is 2.49. The highest BCUT2D eigenvalue weighted by Gasteiger charge is 2.27. The lowest BCUT2D eigenvalue weighted by Gasteiger charge is -2.31. The van der Waals surface area contributed by atoms with Gasteiger partial charge in [-0.15, -0.1) is 0 Å². The SMILES string of the molecule is COc1ccc(OC2CCc3ccccc3C2N)cc1. The maximum Gasteiger partial charge on any atom is 0.120 e. The number of aryl methyl sites for hydroxylation is 1. The number of rotatable bonds is 3. The van der Waals surface area contributed by atoms with Crippen LogP contribution in [-0.4, -0.2) is 13.2 Å². The summed E-state index contributed by atoms with van der Waals surface area (Å²) in [5, 5.41) is 0. The Labute approximate surface area is 119 Å². The lowest BCUT2D eigenvalue weighted by Crippen LogP contribution is -2.35. The molecule has 2 atom stereocenters. The van der Waals surface area contributed by atoms with Gasteiger partial charge in [-0.05, 0) is 48.2 Å². The summed E-state index contributed by atoms with van der Waals surface area (Å²) in [5.74, 6) is 1.67. The van der Waals surface area contributed by atoms with Gasteiger partial charge in [0.25, 0.3) is 0 Å². The second-order valence-corrected chi connectivity index (χ2v) is 5.10. The summed E-state index contributed by atoms with van der Waals surface area (Å²) in [5.41, 5.74) is 8.89. The minimum Gasteiger partial charge on any atom is -0.497 e. The molecule has 104 valence electrons. The molecule has 2 N–H and O–H groups in total. The molecule has 0 saturated carbocycles. The molecule has 0 aromatic heterocycles. The Kier molecular flexibility index (Phi) is 3.61. The quantitative estimate of drug-likeness (QED) is 0.931. The van der Waals surface area contributed by atoms with Crippen molar-refractivity contribution in [2.45, 2.75) is 25.0 Å². The first-order valence-corrected chi connectivity index (χ1v) is 6.92. The second-order valence-electron chi connectivity index (χ2n) is 5.10. The summed E-state index contributed by atoms with van der Waals surface area (Å²) in [6, 6.07) is 15.9. The van der Waals surface area contributed by atoms with Crippen molar-refractivity contribution in [1.29, 1.82) is 0 Å². The van der Waals surface area contributed by atoms with Crippen LogP contribution in [0.4, 0.5) is 0 Å². The predicted molar refractivity (Wildman–Crippen MR) is 79.1 cm³/mol. The van der Waals surface area contributed by atoms with Gasteiger partial charge in [-0.25, -0.2) is 0 Å². The van der Waals surface area contributed by atoms with Crippen LogP contribution in [0.5, 0.6) is 11.5 Å². The number of benzene rings is 2. The number of hydrogen-bond acceptors (Lipinski definition) is 3. The lowest BCUT2D eigenvalue weighted by molar-refractivity contribution is 0.153. The Morgan fingerprint density at radius 3 is 2.45 bits per heavy atom. The zero-order valence-corrected chi connectivity index (χ0v) is 11.6. The van der Waals surface area contributed by atoms with Crippen molar-refractivity contribution < 1.29 is 9.47 Å². The summed E-state index contributed by atoms with van der Waals surface area (Å²) in [7, 11) is 1.66. The summed E-state index contributed by atoms with van der Waals surface area (Å²) < 4.78 is 11.2. The molecule has 0 bridgehead atoms. The first kappa shape index (κ1) is 13.0. The molecule has 3 nitrogen and oxygen atoms in total. The molecular formula is C17H19NO2. The highest BCUT2D eigenvalue weighted by molar-refractivity contribution is 5.35. The molecule has 20 heavy (non-hydrogen) atoms. The van der Waals surface area contributed by atoms with E-state index in [-0.39, 0.29) is 12.1 Å². The Morgan fingerprint density at radius 2 is 1.70 bits per heavy atom. The van der Waals surface area contributed by atoms with E-state index < -0.39 is 0 Å². The molecule has 3 rings (SSSR count). The van der Waals surface area contributed by atoms with Gasteiger partial charge < -0.3 is 15.2 Å². The molecule has 1 aliphatic carbocycles. The Hall–Kier alpha value is -2.00. The van der Waals surface area contributed by atoms with Crippen LogP contribution in [0.2, 0.25) is 0 Å². The summed E-state index contributed by atoms with van der Waals surface area (Å²) in [6.07, 6.45) is 1.99. The van der Waals surface area contributed by atoms with E-state index in [4.69, 9.17) is 15.2 Å². The van der Waals surface area contributed by atoms with E-state index in [1.807, 2.05) is 30.3 Å². The van der Waals surface area contributed by atoms with Crippen LogP contribution in [-0.2, 0) is 6.42 Å². The zero-order valence-electron chi connectivity index (χ0n) is 11.6. The third-order valence-corrected chi connectivity index (χ3v) is 3.86. The van der Waals surface area contributed by atoms with Gasteiger partial charge in [0.15, 0.2) is 0 Å². The minimum atomic E-state index is -0.0675. The summed E-state index contributed by atoms with van der Waals surface area (Å²) >= 11 is 0. The van der Waals surface area contributed by atoms with Crippen molar-refractivity contribution in [3.05, 3.63) is 59.7 Å². The zero-order chi connectivity index (χ0) is 13.9. The van der Waals surface area contributed by atoms with Crippen molar-refractivity contribution in [3.63, 3.8) is 0 Å². The Morgan fingerprint density at radius 1 is 1.00 bits per heavy atom. The van der Waals surface area contributed by atoms with Gasteiger partial charge in [0.1, 0.15) is 17.6 Å². The van der Waals surface area contributed by atoms with Gasteiger partial charge in [-0.3, -0.25) is 0 Å². The standard InChI is InChI=1S/C17H19NO2/c1-19-13-7-9-14(10-8-13)20-16-11-6-12-4-2-3-5-15(12)17(16)18/h2-5,7-10,16-17H,6,11,18H2,1H3. The number of fused-ring (bicyclic) bond motifs is 1. The number of nitrogens with two attached hydrogens (primary N) is 1. The largest absolute Gasteiger partial charge is 0.497 e. The molecule has 2 aromatic rings. The van der Waals surface area contributed by atoms with Gasteiger partial charge in [-0.2, -0.15) is 0 Å². The van der Waals surface area contributed by atoms with Crippen LogP contribution in [0.3, 0.4) is 0 Å². The van der Waals surface area contributed by atoms with Crippen molar-refractivity contribution in [2.75, 3.05) is 7.11 Å². The molecular weight excluding hydrogens is 250 g/mol. The van der Waals surface area contributed by atoms with Crippen LogP contribution in [0.15, 0.2) is 48.5 Å². The monoisotopic (exact) mass is 269 g/mol. The fourth-order valence-electron chi connectivity index (χ4n) is 2.73. The van der Waals surface area contributed by atoms with Crippen molar-refractivity contribution >= 4 is 0 Å². The van der Waals surface area contributed by atoms with Crippen molar-refractivity contribution in [3.8, 4) is 11.5 Å². The number of hydrogen-bond donors (Lipinski definition) is 1. The maximum atomic E-state index is 6.34. The molecule has 0 heterocycles. The van der Waals surface area contributed by atoms with Gasteiger partial charge in [0.05, 0.1) is 13.2 Å². The van der Waals surface area contributed by atoms with Crippen LogP contribution < -0.4 is 15.2 Å². The van der Waals surface area contributed by atoms with Crippen LogP contribution >= 0.6 is 0 Å². The highest BCUT2D eigenvalue weighted by Crippen LogP contribution is 2.31. The van der Waals surface area contributed by atoms with Crippen molar-refractivity contribution in [1.82, 2.24) is 0 Å². The van der Waals surface area contributed by atoms with E-state index in [0.29, 0.717) is 0 Å². The normalized spacial score (nSPS) is 21.1. The van der Waals surface area contributed by atoms with Gasteiger partial charge in [0, 0.05) is 0 Å². The van der Waals surface area contributed by atoms with Crippen molar-refractivity contribution in [2.24, 2.45) is 5.73 Å². The van der Waals surface area contributed by atoms with Gasteiger partial charge in [0.2, 0.25) is 0 Å². The van der Waals surface area contributed by atoms with E-state index in [1.165, 1.54) is 11.1 Å². The average molecular weight is 269 g/mol. The fraction of sp³-hybridized carbons (Fsp3) is 0.294. The molecule has 0 amide bonds. The summed E-state index contributed by atoms with van der Waals surface area (Å²) in [6.45, 7) is 0. The molecule has 1 aliphatic rings. The minimum absolute atomic E-state index is 0.0262. The van der Waals surface area contributed by atoms with Gasteiger partial charge in [-0.1, -0.05) is 24.3 Å². The molecule has 0 aliphatic heterocycles. The molecule has 0 fully saturated rings. The lowest BCUT2D eigenvalue weighted by atomic mass is 9.86. The van der Waals surface area contributed by atoms with E-state index >= 15 is 0 Å². The Balaban J connectivity index is 1.75. The van der Waals surface area contributed by atoms with E-state index in [9.17, 15) is 0 Å². The van der Waals surface area contributed by atoms with Crippen LogP contribution in [0.25, 0.3) is 0 Å². The predicted octanol–water partition coefficient (Wildman–Crippen LogP) is 3.09. The fourth-order valence-corrected chi connectivity index (χ4v) is 2.73. The topological polar surface area (TPSA) is 44.5 Å².